The smallest absolute Gasteiger partial charge is 0.00195 e. The summed E-state index contributed by atoms with van der Waals surface area (Å²) in [5.74, 6) is 1.94. The average Bonchev–Trinajstić information content (AvgIpc) is 2.85. The maximum Gasteiger partial charge on any atom is 0.00195 e. The highest BCUT2D eigenvalue weighted by Crippen LogP contribution is 2.35. The Hall–Kier alpha value is 0.350. The second kappa shape index (κ2) is 23.5. The van der Waals surface area contributed by atoms with Crippen molar-refractivity contribution in [3.05, 3.63) is 0 Å². The minimum absolute atomic E-state index is 0.652. The molecule has 1 heteroatoms. The van der Waals surface area contributed by atoms with Gasteiger partial charge in [-0.2, -0.15) is 12.6 Å². The summed E-state index contributed by atoms with van der Waals surface area (Å²) in [5, 5.41) is 0.652. The molecule has 2 unspecified atom stereocenters. The van der Waals surface area contributed by atoms with Crippen LogP contribution in [0.3, 0.4) is 0 Å². The van der Waals surface area contributed by atoms with Gasteiger partial charge < -0.3 is 0 Å². The Balaban J connectivity index is 1.89. The molecule has 0 radical (unpaired) electrons. The summed E-state index contributed by atoms with van der Waals surface area (Å²) >= 11 is 5.19. The molecule has 2 atom stereocenters. The molecule has 2 aliphatic rings. The largest absolute Gasteiger partial charge is 0.176 e. The van der Waals surface area contributed by atoms with Gasteiger partial charge in [0.2, 0.25) is 0 Å². The zero-order chi connectivity index (χ0) is 24.7. The van der Waals surface area contributed by atoms with E-state index in [1.807, 2.05) is 0 Å². The third kappa shape index (κ3) is 18.3. The molecule has 0 heterocycles. The number of rotatable bonds is 1. The first-order chi connectivity index (χ1) is 17.4. The van der Waals surface area contributed by atoms with Crippen molar-refractivity contribution < 1.29 is 0 Å². The first-order valence-electron chi connectivity index (χ1n) is 17.0. The van der Waals surface area contributed by atoms with Crippen LogP contribution in [0.2, 0.25) is 0 Å². The number of thiol groups is 1. The SMILES string of the molecule is SC1CCCCCCCCCCCCCCCC(C2CCCCCCCCCCCCCCC2)C1. The first kappa shape index (κ1) is 31.6. The van der Waals surface area contributed by atoms with Crippen molar-refractivity contribution in [2.24, 2.45) is 11.8 Å². The Bertz CT molecular complexity index is 416. The maximum atomic E-state index is 5.19. The summed E-state index contributed by atoms with van der Waals surface area (Å²) in [6, 6.07) is 0. The third-order valence-corrected chi connectivity index (χ3v) is 9.97. The molecule has 2 saturated carbocycles. The average molecular weight is 507 g/mol. The predicted octanol–water partition coefficient (Wildman–Crippen LogP) is 12.6. The zero-order valence-electron chi connectivity index (χ0n) is 24.1. The van der Waals surface area contributed by atoms with E-state index < -0.39 is 0 Å². The van der Waals surface area contributed by atoms with Crippen LogP contribution in [0.25, 0.3) is 0 Å². The summed E-state index contributed by atoms with van der Waals surface area (Å²) in [4.78, 5) is 0. The van der Waals surface area contributed by atoms with E-state index in [0.717, 1.165) is 11.8 Å². The standard InChI is InChI=1S/C34H66S/c35-34-30-26-22-18-14-10-6-2-5-9-13-17-21-25-29-33(31-34)32-27-23-19-15-11-7-3-1-4-8-12-16-20-24-28-32/h32-35H,1-31H2. The second-order valence-electron chi connectivity index (χ2n) is 12.8. The van der Waals surface area contributed by atoms with Crippen LogP contribution in [-0.4, -0.2) is 5.25 Å². The van der Waals surface area contributed by atoms with E-state index in [-0.39, 0.29) is 0 Å². The van der Waals surface area contributed by atoms with Gasteiger partial charge in [-0.3, -0.25) is 0 Å². The summed E-state index contributed by atoms with van der Waals surface area (Å²) in [7, 11) is 0. The van der Waals surface area contributed by atoms with Gasteiger partial charge in [0.15, 0.2) is 0 Å². The van der Waals surface area contributed by atoms with E-state index in [1.165, 1.54) is 199 Å². The molecule has 2 fully saturated rings. The molecule has 0 aromatic rings. The Morgan fingerprint density at radius 2 is 0.486 bits per heavy atom. The molecule has 2 aliphatic carbocycles. The first-order valence-corrected chi connectivity index (χ1v) is 17.6. The second-order valence-corrected chi connectivity index (χ2v) is 13.5. The fraction of sp³-hybridized carbons (Fsp3) is 1.00. The van der Waals surface area contributed by atoms with Crippen molar-refractivity contribution in [1.29, 1.82) is 0 Å². The Kier molecular flexibility index (Phi) is 21.2. The minimum atomic E-state index is 0.652. The van der Waals surface area contributed by atoms with Gasteiger partial charge >= 0.3 is 0 Å². The van der Waals surface area contributed by atoms with Gasteiger partial charge in [0.05, 0.1) is 0 Å². The van der Waals surface area contributed by atoms with E-state index >= 15 is 0 Å². The van der Waals surface area contributed by atoms with Gasteiger partial charge in [-0.1, -0.05) is 186 Å². The monoisotopic (exact) mass is 506 g/mol. The van der Waals surface area contributed by atoms with Crippen LogP contribution in [0.15, 0.2) is 0 Å². The molecule has 2 rings (SSSR count). The van der Waals surface area contributed by atoms with Gasteiger partial charge in [0, 0.05) is 5.25 Å². The van der Waals surface area contributed by atoms with Crippen LogP contribution < -0.4 is 0 Å². The number of hydrogen-bond donors (Lipinski definition) is 1. The minimum Gasteiger partial charge on any atom is -0.176 e. The van der Waals surface area contributed by atoms with Crippen LogP contribution in [0.5, 0.6) is 0 Å². The van der Waals surface area contributed by atoms with Gasteiger partial charge in [-0.05, 0) is 24.7 Å². The quantitative estimate of drug-likeness (QED) is 0.336. The Labute approximate surface area is 228 Å². The lowest BCUT2D eigenvalue weighted by Gasteiger charge is -2.30. The van der Waals surface area contributed by atoms with Crippen molar-refractivity contribution >= 4 is 12.6 Å². The van der Waals surface area contributed by atoms with E-state index in [9.17, 15) is 0 Å². The molecule has 0 aromatic heterocycles. The van der Waals surface area contributed by atoms with Gasteiger partial charge in [0.25, 0.3) is 0 Å². The fourth-order valence-corrected chi connectivity index (χ4v) is 7.57. The molecule has 0 bridgehead atoms. The van der Waals surface area contributed by atoms with Crippen LogP contribution >= 0.6 is 12.6 Å². The van der Waals surface area contributed by atoms with E-state index in [1.54, 1.807) is 0 Å². The molecule has 0 aliphatic heterocycles. The maximum absolute atomic E-state index is 5.19. The summed E-state index contributed by atoms with van der Waals surface area (Å²) in [6.07, 6.45) is 45.9. The van der Waals surface area contributed by atoms with Gasteiger partial charge in [-0.15, -0.1) is 0 Å². The molecule has 35 heavy (non-hydrogen) atoms. The van der Waals surface area contributed by atoms with Crippen molar-refractivity contribution in [2.75, 3.05) is 0 Å². The highest BCUT2D eigenvalue weighted by atomic mass is 32.1. The van der Waals surface area contributed by atoms with E-state index in [2.05, 4.69) is 0 Å². The van der Waals surface area contributed by atoms with Crippen molar-refractivity contribution in [2.45, 2.75) is 204 Å². The van der Waals surface area contributed by atoms with Crippen molar-refractivity contribution in [3.8, 4) is 0 Å². The molecule has 0 saturated heterocycles. The molecule has 0 N–H and O–H groups in total. The Morgan fingerprint density at radius 3 is 0.800 bits per heavy atom. The molecular weight excluding hydrogens is 440 g/mol. The van der Waals surface area contributed by atoms with Crippen molar-refractivity contribution in [1.82, 2.24) is 0 Å². The highest BCUT2D eigenvalue weighted by Gasteiger charge is 2.23. The lowest BCUT2D eigenvalue weighted by Crippen LogP contribution is -2.20. The lowest BCUT2D eigenvalue weighted by molar-refractivity contribution is 0.238. The number of hydrogen-bond acceptors (Lipinski definition) is 1. The normalized spacial score (nSPS) is 29.1. The molecule has 0 spiro atoms. The fourth-order valence-electron chi connectivity index (χ4n) is 7.12. The van der Waals surface area contributed by atoms with Crippen LogP contribution in [0.4, 0.5) is 0 Å². The summed E-state index contributed by atoms with van der Waals surface area (Å²) < 4.78 is 0. The predicted molar refractivity (Wildman–Crippen MR) is 163 cm³/mol. The zero-order valence-corrected chi connectivity index (χ0v) is 25.0. The molecule has 0 amide bonds. The Morgan fingerprint density at radius 1 is 0.257 bits per heavy atom. The highest BCUT2D eigenvalue weighted by molar-refractivity contribution is 7.80. The summed E-state index contributed by atoms with van der Waals surface area (Å²) in [5.41, 5.74) is 0. The van der Waals surface area contributed by atoms with Gasteiger partial charge in [0.1, 0.15) is 0 Å². The van der Waals surface area contributed by atoms with E-state index in [4.69, 9.17) is 12.6 Å². The topological polar surface area (TPSA) is 0 Å². The third-order valence-electron chi connectivity index (χ3n) is 9.50. The lowest BCUT2D eigenvalue weighted by atomic mass is 9.77. The van der Waals surface area contributed by atoms with E-state index in [0.29, 0.717) is 5.25 Å². The molecule has 208 valence electrons. The van der Waals surface area contributed by atoms with Crippen LogP contribution in [0, 0.1) is 11.8 Å². The van der Waals surface area contributed by atoms with Crippen molar-refractivity contribution in [3.63, 3.8) is 0 Å². The molecule has 0 aromatic carbocycles. The molecule has 0 nitrogen and oxygen atoms in total. The molecular formula is C34H66S. The van der Waals surface area contributed by atoms with Crippen LogP contribution in [0.1, 0.15) is 199 Å². The van der Waals surface area contributed by atoms with Gasteiger partial charge in [-0.25, -0.2) is 0 Å². The summed E-state index contributed by atoms with van der Waals surface area (Å²) in [6.45, 7) is 0. The van der Waals surface area contributed by atoms with Crippen LogP contribution in [-0.2, 0) is 0 Å².